The highest BCUT2D eigenvalue weighted by molar-refractivity contribution is 5.24. The highest BCUT2D eigenvalue weighted by Crippen LogP contribution is 2.16. The lowest BCUT2D eigenvalue weighted by Crippen LogP contribution is -2.38. The van der Waals surface area contributed by atoms with Crippen LogP contribution in [0.4, 0.5) is 0 Å². The van der Waals surface area contributed by atoms with E-state index in [1.54, 1.807) is 0 Å². The molecule has 2 heteroatoms. The predicted molar refractivity (Wildman–Crippen MR) is 91.7 cm³/mol. The third kappa shape index (κ3) is 5.44. The van der Waals surface area contributed by atoms with Gasteiger partial charge in [0.25, 0.3) is 0 Å². The van der Waals surface area contributed by atoms with Gasteiger partial charge in [0.2, 0.25) is 0 Å². The molecule has 2 nitrogen and oxygen atoms in total. The normalized spacial score (nSPS) is 20.1. The van der Waals surface area contributed by atoms with Crippen LogP contribution < -0.4 is 5.32 Å². The molecule has 1 N–H and O–H groups in total. The number of hydrogen-bond donors (Lipinski definition) is 1. The largest absolute Gasteiger partial charge is 0.313 e. The van der Waals surface area contributed by atoms with Crippen LogP contribution in [0.2, 0.25) is 0 Å². The summed E-state index contributed by atoms with van der Waals surface area (Å²) in [6.07, 6.45) is 5.45. The van der Waals surface area contributed by atoms with E-state index in [-0.39, 0.29) is 0 Å². The summed E-state index contributed by atoms with van der Waals surface area (Å²) in [6, 6.07) is 9.83. The van der Waals surface area contributed by atoms with Gasteiger partial charge in [0.15, 0.2) is 0 Å². The molecule has 0 spiro atoms. The first kappa shape index (κ1) is 16.5. The van der Waals surface area contributed by atoms with Crippen LogP contribution in [0.1, 0.15) is 63.5 Å². The molecular weight excluding hydrogens is 256 g/mol. The van der Waals surface area contributed by atoms with Crippen molar-refractivity contribution in [2.24, 2.45) is 0 Å². The van der Waals surface area contributed by atoms with E-state index in [9.17, 15) is 0 Å². The third-order valence-electron chi connectivity index (χ3n) is 4.71. The van der Waals surface area contributed by atoms with E-state index in [1.807, 2.05) is 0 Å². The predicted octanol–water partition coefficient (Wildman–Crippen LogP) is 4.16. The van der Waals surface area contributed by atoms with Crippen molar-refractivity contribution >= 4 is 0 Å². The Morgan fingerprint density at radius 2 is 1.95 bits per heavy atom. The molecule has 0 radical (unpaired) electrons. The van der Waals surface area contributed by atoms with Crippen LogP contribution >= 0.6 is 0 Å². The number of hydrogen-bond acceptors (Lipinski definition) is 2. The molecule has 0 bridgehead atoms. The molecule has 1 aromatic carbocycles. The van der Waals surface area contributed by atoms with E-state index >= 15 is 0 Å². The first-order chi connectivity index (χ1) is 10.2. The fourth-order valence-corrected chi connectivity index (χ4v) is 3.15. The van der Waals surface area contributed by atoms with Crippen LogP contribution in [0.5, 0.6) is 0 Å². The number of benzene rings is 1. The molecule has 118 valence electrons. The van der Waals surface area contributed by atoms with E-state index in [2.05, 4.69) is 55.3 Å². The van der Waals surface area contributed by atoms with Crippen LogP contribution in [-0.2, 0) is 6.54 Å². The van der Waals surface area contributed by atoms with Gasteiger partial charge in [0.05, 0.1) is 0 Å². The number of nitrogens with zero attached hydrogens (tertiary/aromatic N) is 1. The molecule has 1 fully saturated rings. The van der Waals surface area contributed by atoms with E-state index in [0.717, 1.165) is 19.1 Å². The topological polar surface area (TPSA) is 15.3 Å². The molecule has 1 saturated heterocycles. The van der Waals surface area contributed by atoms with Gasteiger partial charge >= 0.3 is 0 Å². The van der Waals surface area contributed by atoms with Gasteiger partial charge in [-0.05, 0) is 62.9 Å². The molecule has 0 aliphatic carbocycles. The van der Waals surface area contributed by atoms with E-state index in [0.29, 0.717) is 5.92 Å². The maximum atomic E-state index is 3.58. The van der Waals surface area contributed by atoms with Gasteiger partial charge in [-0.25, -0.2) is 0 Å². The minimum Gasteiger partial charge on any atom is -0.313 e. The van der Waals surface area contributed by atoms with Crippen molar-refractivity contribution in [1.82, 2.24) is 10.2 Å². The zero-order chi connectivity index (χ0) is 15.1. The quantitative estimate of drug-likeness (QED) is 0.758. The summed E-state index contributed by atoms with van der Waals surface area (Å²) in [5.41, 5.74) is 2.82. The molecule has 0 amide bonds. The fourth-order valence-electron chi connectivity index (χ4n) is 3.15. The summed E-state index contributed by atoms with van der Waals surface area (Å²) in [5.74, 6) is 0.624. The second-order valence-corrected chi connectivity index (χ2v) is 6.81. The van der Waals surface area contributed by atoms with Crippen molar-refractivity contribution < 1.29 is 0 Å². The average molecular weight is 288 g/mol. The summed E-state index contributed by atoms with van der Waals surface area (Å²) in [5, 5.41) is 3.58. The second-order valence-electron chi connectivity index (χ2n) is 6.81. The summed E-state index contributed by atoms with van der Waals surface area (Å²) < 4.78 is 0. The van der Waals surface area contributed by atoms with Crippen LogP contribution in [0.25, 0.3) is 0 Å². The molecule has 1 aliphatic rings. The van der Waals surface area contributed by atoms with Gasteiger partial charge in [0, 0.05) is 12.6 Å². The molecule has 0 aromatic heterocycles. The monoisotopic (exact) mass is 288 g/mol. The molecule has 1 heterocycles. The Morgan fingerprint density at radius 1 is 1.19 bits per heavy atom. The Balaban J connectivity index is 1.61. The van der Waals surface area contributed by atoms with Crippen LogP contribution in [-0.4, -0.2) is 30.6 Å². The number of piperidine rings is 1. The highest BCUT2D eigenvalue weighted by atomic mass is 15.2. The molecule has 21 heavy (non-hydrogen) atoms. The van der Waals surface area contributed by atoms with Gasteiger partial charge < -0.3 is 10.2 Å². The van der Waals surface area contributed by atoms with Crippen molar-refractivity contribution in [2.45, 2.75) is 65.0 Å². The summed E-state index contributed by atoms with van der Waals surface area (Å²) in [7, 11) is 0. The molecule has 1 atom stereocenters. The maximum absolute atomic E-state index is 3.58. The minimum absolute atomic E-state index is 0.624. The lowest BCUT2D eigenvalue weighted by molar-refractivity contribution is 0.159. The van der Waals surface area contributed by atoms with Crippen molar-refractivity contribution in [3.8, 4) is 0 Å². The lowest BCUT2D eigenvalue weighted by Gasteiger charge is -2.33. The Kier molecular flexibility index (Phi) is 6.72. The Labute approximate surface area is 130 Å². The lowest BCUT2D eigenvalue weighted by atomic mass is 10.0. The Morgan fingerprint density at radius 3 is 2.62 bits per heavy atom. The minimum atomic E-state index is 0.624. The van der Waals surface area contributed by atoms with Gasteiger partial charge in [0.1, 0.15) is 0 Å². The number of likely N-dealkylation sites (tertiary alicyclic amines) is 1. The van der Waals surface area contributed by atoms with Gasteiger partial charge in [-0.2, -0.15) is 0 Å². The highest BCUT2D eigenvalue weighted by Gasteiger charge is 2.16. The second kappa shape index (κ2) is 8.55. The van der Waals surface area contributed by atoms with Crippen LogP contribution in [0.15, 0.2) is 24.3 Å². The standard InChI is InChI=1S/C19H32N2/c1-16(2)19-10-8-18(9-11-19)15-20-12-6-14-21-13-5-4-7-17(21)3/h8-11,16-17,20H,4-7,12-15H2,1-3H3. The molecule has 0 saturated carbocycles. The van der Waals surface area contributed by atoms with E-state index in [1.165, 1.54) is 49.9 Å². The molecule has 1 unspecified atom stereocenters. The molecule has 2 rings (SSSR count). The molecule has 1 aliphatic heterocycles. The van der Waals surface area contributed by atoms with Crippen molar-refractivity contribution in [3.05, 3.63) is 35.4 Å². The Hall–Kier alpha value is -0.860. The molecule has 1 aromatic rings. The fraction of sp³-hybridized carbons (Fsp3) is 0.684. The maximum Gasteiger partial charge on any atom is 0.0205 e. The van der Waals surface area contributed by atoms with E-state index in [4.69, 9.17) is 0 Å². The Bertz CT molecular complexity index is 397. The van der Waals surface area contributed by atoms with Gasteiger partial charge in [-0.1, -0.05) is 44.5 Å². The van der Waals surface area contributed by atoms with Crippen molar-refractivity contribution in [2.75, 3.05) is 19.6 Å². The van der Waals surface area contributed by atoms with Crippen LogP contribution in [0.3, 0.4) is 0 Å². The first-order valence-electron chi connectivity index (χ1n) is 8.70. The third-order valence-corrected chi connectivity index (χ3v) is 4.71. The zero-order valence-electron chi connectivity index (χ0n) is 14.1. The smallest absolute Gasteiger partial charge is 0.0205 e. The zero-order valence-corrected chi connectivity index (χ0v) is 14.1. The van der Waals surface area contributed by atoms with Gasteiger partial charge in [-0.15, -0.1) is 0 Å². The number of rotatable bonds is 7. The first-order valence-corrected chi connectivity index (χ1v) is 8.70. The summed E-state index contributed by atoms with van der Waals surface area (Å²) >= 11 is 0. The number of nitrogens with one attached hydrogen (secondary N) is 1. The average Bonchev–Trinajstić information content (AvgIpc) is 2.49. The SMILES string of the molecule is CC(C)c1ccc(CNCCCN2CCCCC2C)cc1. The van der Waals surface area contributed by atoms with E-state index < -0.39 is 0 Å². The van der Waals surface area contributed by atoms with Crippen molar-refractivity contribution in [1.29, 1.82) is 0 Å². The van der Waals surface area contributed by atoms with Gasteiger partial charge in [-0.3, -0.25) is 0 Å². The molecular formula is C19H32N2. The summed E-state index contributed by atoms with van der Waals surface area (Å²) in [6.45, 7) is 11.5. The summed E-state index contributed by atoms with van der Waals surface area (Å²) in [4.78, 5) is 2.66. The van der Waals surface area contributed by atoms with Crippen molar-refractivity contribution in [3.63, 3.8) is 0 Å². The van der Waals surface area contributed by atoms with Crippen LogP contribution in [0, 0.1) is 0 Å².